The average Bonchev–Trinajstić information content (AvgIpc) is 1.85. The Balaban J connectivity index is 3.72. The molecule has 0 saturated carbocycles. The molecule has 0 bridgehead atoms. The second-order valence-electron chi connectivity index (χ2n) is 1.64. The van der Waals surface area contributed by atoms with Gasteiger partial charge in [0.15, 0.2) is 4.83 Å². The predicted molar refractivity (Wildman–Crippen MR) is 38.0 cm³/mol. The van der Waals surface area contributed by atoms with E-state index in [0.717, 1.165) is 0 Å². The maximum atomic E-state index is 10.6. The molecule has 5 nitrogen and oxygen atoms in total. The van der Waals surface area contributed by atoms with Crippen molar-refractivity contribution in [2.24, 2.45) is 0 Å². The molecule has 0 rings (SSSR count). The van der Waals surface area contributed by atoms with Crippen LogP contribution >= 0.6 is 15.9 Å². The van der Waals surface area contributed by atoms with Crippen LogP contribution in [0.3, 0.4) is 0 Å². The molecule has 0 aromatic carbocycles. The van der Waals surface area contributed by atoms with Gasteiger partial charge in [-0.3, -0.25) is 4.79 Å². The van der Waals surface area contributed by atoms with Crippen molar-refractivity contribution >= 4 is 21.8 Å². The number of carbonyl (C=O) groups excluding carboxylic acids is 1. The molecule has 0 aromatic rings. The van der Waals surface area contributed by atoms with Crippen molar-refractivity contribution in [3.05, 3.63) is 5.21 Å². The molecule has 0 aliphatic carbocycles. The van der Waals surface area contributed by atoms with Crippen LogP contribution in [0.1, 0.15) is 0 Å². The first-order chi connectivity index (χ1) is 4.57. The lowest BCUT2D eigenvalue weighted by atomic mass is 10.4. The van der Waals surface area contributed by atoms with Gasteiger partial charge in [-0.25, -0.2) is 0 Å². The van der Waals surface area contributed by atoms with E-state index in [2.05, 4.69) is 21.2 Å². The van der Waals surface area contributed by atoms with Gasteiger partial charge in [-0.2, -0.15) is 0 Å². The van der Waals surface area contributed by atoms with Gasteiger partial charge < -0.3 is 10.5 Å². The summed E-state index contributed by atoms with van der Waals surface area (Å²) >= 11 is 2.93. The van der Waals surface area contributed by atoms with Crippen molar-refractivity contribution in [3.63, 3.8) is 0 Å². The Morgan fingerprint density at radius 2 is 2.50 bits per heavy atom. The highest BCUT2D eigenvalue weighted by atomic mass is 79.9. The van der Waals surface area contributed by atoms with Crippen LogP contribution in [-0.4, -0.2) is 29.2 Å². The van der Waals surface area contributed by atoms with Gasteiger partial charge in [-0.05, 0) is 5.53 Å². The van der Waals surface area contributed by atoms with Crippen LogP contribution in [-0.2, 0) is 4.79 Å². The minimum Gasteiger partial charge on any atom is -0.600 e. The number of amides is 1. The summed E-state index contributed by atoms with van der Waals surface area (Å²) in [6.45, 7) is -0.167. The van der Waals surface area contributed by atoms with E-state index in [-0.39, 0.29) is 17.3 Å². The number of hydrogen-bond donors (Lipinski definition) is 2. The monoisotopic (exact) mass is 209 g/mol. The SMILES string of the molecule is CNC(=O)C(Br)C[N+](=N)[O-]. The summed E-state index contributed by atoms with van der Waals surface area (Å²) in [7, 11) is 1.47. The van der Waals surface area contributed by atoms with E-state index in [0.29, 0.717) is 0 Å². The highest BCUT2D eigenvalue weighted by Crippen LogP contribution is 1.98. The molecule has 6 heteroatoms. The Kier molecular flexibility index (Phi) is 3.94. The summed E-state index contributed by atoms with van der Waals surface area (Å²) in [5.74, 6) is -0.298. The highest BCUT2D eigenvalue weighted by molar-refractivity contribution is 9.10. The molecule has 1 amide bonds. The first kappa shape index (κ1) is 9.35. The lowest BCUT2D eigenvalue weighted by Gasteiger charge is -2.04. The molecule has 0 heterocycles. The van der Waals surface area contributed by atoms with E-state index >= 15 is 0 Å². The fourth-order valence-corrected chi connectivity index (χ4v) is 0.877. The smallest absolute Gasteiger partial charge is 0.240 e. The van der Waals surface area contributed by atoms with Gasteiger partial charge in [0.2, 0.25) is 12.5 Å². The number of alkyl halides is 1. The van der Waals surface area contributed by atoms with E-state index in [4.69, 9.17) is 5.53 Å². The van der Waals surface area contributed by atoms with Gasteiger partial charge in [-0.15, -0.1) is 0 Å². The molecule has 1 unspecified atom stereocenters. The third kappa shape index (κ3) is 3.39. The number of rotatable bonds is 3. The van der Waals surface area contributed by atoms with Crippen LogP contribution in [0.15, 0.2) is 0 Å². The van der Waals surface area contributed by atoms with E-state index in [1.54, 1.807) is 0 Å². The first-order valence-corrected chi connectivity index (χ1v) is 3.51. The van der Waals surface area contributed by atoms with E-state index in [1.807, 2.05) is 0 Å². The summed E-state index contributed by atoms with van der Waals surface area (Å²) < 4.78 is 0. The van der Waals surface area contributed by atoms with Crippen LogP contribution in [0, 0.1) is 10.7 Å². The van der Waals surface area contributed by atoms with Gasteiger partial charge in [0.1, 0.15) is 0 Å². The molecule has 1 atom stereocenters. The molecule has 0 fully saturated rings. The summed E-state index contributed by atoms with van der Waals surface area (Å²) in [4.78, 5) is 9.99. The standard InChI is InChI=1S/C4H8BrN3O2/c1-7-4(9)3(5)2-8(6)10/h3,6H,2H2,1H3,(H,7,9). The molecule has 10 heavy (non-hydrogen) atoms. The molecule has 0 aliphatic rings. The fraction of sp³-hybridized carbons (Fsp3) is 0.750. The number of carbonyl (C=O) groups is 1. The van der Waals surface area contributed by atoms with E-state index < -0.39 is 4.83 Å². The Bertz CT molecular complexity index is 149. The van der Waals surface area contributed by atoms with Gasteiger partial charge >= 0.3 is 0 Å². The van der Waals surface area contributed by atoms with Crippen molar-refractivity contribution in [2.45, 2.75) is 4.83 Å². The third-order valence-corrected chi connectivity index (χ3v) is 1.56. The van der Waals surface area contributed by atoms with Crippen molar-refractivity contribution in [2.75, 3.05) is 13.6 Å². The zero-order valence-electron chi connectivity index (χ0n) is 5.43. The Morgan fingerprint density at radius 1 is 2.00 bits per heavy atom. The quantitative estimate of drug-likeness (QED) is 0.298. The molecule has 0 aliphatic heterocycles. The second-order valence-corrected chi connectivity index (χ2v) is 2.75. The van der Waals surface area contributed by atoms with Crippen LogP contribution in [0.25, 0.3) is 0 Å². The molecular weight excluding hydrogens is 202 g/mol. The summed E-state index contributed by atoms with van der Waals surface area (Å²) in [5.41, 5.74) is 6.44. The zero-order valence-corrected chi connectivity index (χ0v) is 7.01. The summed E-state index contributed by atoms with van der Waals surface area (Å²) in [5, 5.41) is 12.4. The average molecular weight is 210 g/mol. The number of hydrogen-bond acceptors (Lipinski definition) is 3. The number of hydroxylamine groups is 1. The zero-order chi connectivity index (χ0) is 8.15. The minimum atomic E-state index is -0.604. The van der Waals surface area contributed by atoms with Crippen LogP contribution in [0.2, 0.25) is 0 Å². The second kappa shape index (κ2) is 4.21. The van der Waals surface area contributed by atoms with Gasteiger partial charge in [0, 0.05) is 7.05 Å². The molecule has 0 saturated heterocycles. The Morgan fingerprint density at radius 3 is 2.80 bits per heavy atom. The lowest BCUT2D eigenvalue weighted by molar-refractivity contribution is -0.549. The van der Waals surface area contributed by atoms with Gasteiger partial charge in [-0.1, -0.05) is 20.8 Å². The molecule has 0 radical (unpaired) electrons. The minimum absolute atomic E-state index is 0.0470. The van der Waals surface area contributed by atoms with Crippen molar-refractivity contribution in [1.29, 1.82) is 5.53 Å². The van der Waals surface area contributed by atoms with Gasteiger partial charge in [0.05, 0.1) is 0 Å². The van der Waals surface area contributed by atoms with Crippen LogP contribution < -0.4 is 5.32 Å². The molecule has 0 spiro atoms. The summed E-state index contributed by atoms with van der Waals surface area (Å²) in [6.07, 6.45) is 0. The van der Waals surface area contributed by atoms with Crippen molar-refractivity contribution in [3.8, 4) is 0 Å². The first-order valence-electron chi connectivity index (χ1n) is 2.59. The largest absolute Gasteiger partial charge is 0.600 e. The maximum Gasteiger partial charge on any atom is 0.240 e. The van der Waals surface area contributed by atoms with Crippen LogP contribution in [0.4, 0.5) is 0 Å². The third-order valence-electron chi connectivity index (χ3n) is 0.857. The van der Waals surface area contributed by atoms with Crippen molar-refractivity contribution in [1.82, 2.24) is 5.32 Å². The van der Waals surface area contributed by atoms with E-state index in [9.17, 15) is 10.0 Å². The fourth-order valence-electron chi connectivity index (χ4n) is 0.385. The van der Waals surface area contributed by atoms with Crippen LogP contribution in [0.5, 0.6) is 0 Å². The Labute approximate surface area is 66.6 Å². The topological polar surface area (TPSA) is 79.0 Å². The maximum absolute atomic E-state index is 10.6. The molecular formula is C4H8BrN3O2. The molecule has 2 N–H and O–H groups in total. The molecule has 0 aromatic heterocycles. The van der Waals surface area contributed by atoms with Crippen molar-refractivity contribution < 1.29 is 9.66 Å². The number of nitrogens with one attached hydrogen (secondary N) is 2. The Hall–Kier alpha value is -0.650. The molecule has 58 valence electrons. The van der Waals surface area contributed by atoms with E-state index in [1.165, 1.54) is 7.05 Å². The number of halogens is 1. The normalized spacial score (nSPS) is 12.2. The predicted octanol–water partition coefficient (Wildman–Crippen LogP) is 0.0372. The number of nitrogens with zero attached hydrogens (tertiary/aromatic N) is 1. The van der Waals surface area contributed by atoms with Gasteiger partial charge in [0.25, 0.3) is 0 Å². The highest BCUT2D eigenvalue weighted by Gasteiger charge is 2.16. The lowest BCUT2D eigenvalue weighted by Crippen LogP contribution is -2.32. The summed E-state index contributed by atoms with van der Waals surface area (Å²) in [6, 6.07) is 0.